The van der Waals surface area contributed by atoms with Gasteiger partial charge in [-0.1, -0.05) is 19.8 Å². The molecule has 0 N–H and O–H groups in total. The van der Waals surface area contributed by atoms with Gasteiger partial charge in [-0.15, -0.1) is 0 Å². The first kappa shape index (κ1) is 14.6. The Morgan fingerprint density at radius 3 is 2.55 bits per heavy atom. The van der Waals surface area contributed by atoms with Gasteiger partial charge >= 0.3 is 0 Å². The number of benzene rings is 1. The summed E-state index contributed by atoms with van der Waals surface area (Å²) in [6.07, 6.45) is 11.6. The molecule has 0 saturated carbocycles. The molecule has 3 nitrogen and oxygen atoms in total. The summed E-state index contributed by atoms with van der Waals surface area (Å²) < 4.78 is 9.87. The molecule has 3 heteroatoms. The van der Waals surface area contributed by atoms with E-state index < -0.39 is 0 Å². The molecule has 0 bridgehead atoms. The van der Waals surface area contributed by atoms with Crippen molar-refractivity contribution in [3.63, 3.8) is 0 Å². The van der Waals surface area contributed by atoms with Crippen LogP contribution in [-0.4, -0.2) is 11.2 Å². The van der Waals surface area contributed by atoms with Crippen LogP contribution in [0.3, 0.4) is 0 Å². The van der Waals surface area contributed by atoms with Crippen molar-refractivity contribution in [2.75, 3.05) is 6.61 Å². The molecule has 0 spiro atoms. The van der Waals surface area contributed by atoms with Crippen molar-refractivity contribution < 1.29 is 9.30 Å². The predicted octanol–water partition coefficient (Wildman–Crippen LogP) is 3.74. The number of hydrogen-bond donors (Lipinski definition) is 0. The van der Waals surface area contributed by atoms with Gasteiger partial charge in [0.15, 0.2) is 0 Å². The number of ether oxygens (including phenoxy) is 1. The largest absolute Gasteiger partial charge is 0.494 e. The maximum absolute atomic E-state index is 5.46. The van der Waals surface area contributed by atoms with E-state index in [4.69, 9.17) is 4.74 Å². The molecule has 1 aromatic heterocycles. The third-order valence-corrected chi connectivity index (χ3v) is 3.41. The van der Waals surface area contributed by atoms with Crippen molar-refractivity contribution in [3.8, 4) is 11.4 Å². The number of imidazole rings is 1. The van der Waals surface area contributed by atoms with Crippen LogP contribution in [0, 0.1) is 0 Å². The van der Waals surface area contributed by atoms with E-state index in [1.165, 1.54) is 31.4 Å². The Morgan fingerprint density at radius 1 is 1.05 bits per heavy atom. The summed E-state index contributed by atoms with van der Waals surface area (Å²) in [5, 5.41) is 0. The molecular formula is C17H25N2O+. The Kier molecular flexibility index (Phi) is 5.66. The first-order valence-corrected chi connectivity index (χ1v) is 7.63. The molecule has 0 atom stereocenters. The monoisotopic (exact) mass is 273 g/mol. The summed E-state index contributed by atoms with van der Waals surface area (Å²) in [7, 11) is 0. The van der Waals surface area contributed by atoms with Crippen molar-refractivity contribution in [1.29, 1.82) is 0 Å². The van der Waals surface area contributed by atoms with E-state index in [2.05, 4.69) is 46.9 Å². The zero-order chi connectivity index (χ0) is 14.2. The summed E-state index contributed by atoms with van der Waals surface area (Å²) in [5.74, 6) is 0.927. The number of aromatic nitrogens is 2. The SMILES string of the molecule is CCCCCCn1cc[n+](-c2ccc(OCC)cc2)c1. The molecule has 0 aliphatic carbocycles. The highest BCUT2D eigenvalue weighted by atomic mass is 16.5. The number of nitrogens with zero attached hydrogens (tertiary/aromatic N) is 2. The second-order valence-electron chi connectivity index (χ2n) is 5.05. The Bertz CT molecular complexity index is 502. The summed E-state index contributed by atoms with van der Waals surface area (Å²) in [4.78, 5) is 0. The average Bonchev–Trinajstić information content (AvgIpc) is 2.94. The molecule has 0 amide bonds. The quantitative estimate of drug-likeness (QED) is 0.529. The molecule has 0 saturated heterocycles. The minimum atomic E-state index is 0.709. The van der Waals surface area contributed by atoms with Crippen LogP contribution in [0.2, 0.25) is 0 Å². The van der Waals surface area contributed by atoms with Crippen molar-refractivity contribution in [3.05, 3.63) is 43.0 Å². The smallest absolute Gasteiger partial charge is 0.248 e. The lowest BCUT2D eigenvalue weighted by Gasteiger charge is -2.02. The minimum Gasteiger partial charge on any atom is -0.494 e. The Balaban J connectivity index is 1.93. The van der Waals surface area contributed by atoms with Gasteiger partial charge in [0.1, 0.15) is 23.8 Å². The number of unbranched alkanes of at least 4 members (excludes halogenated alkanes) is 3. The summed E-state index contributed by atoms with van der Waals surface area (Å²) in [6.45, 7) is 6.06. The topological polar surface area (TPSA) is 18.0 Å². The zero-order valence-electron chi connectivity index (χ0n) is 12.6. The minimum absolute atomic E-state index is 0.709. The van der Waals surface area contributed by atoms with Gasteiger partial charge in [-0.25, -0.2) is 9.13 Å². The van der Waals surface area contributed by atoms with Gasteiger partial charge < -0.3 is 4.74 Å². The molecular weight excluding hydrogens is 248 g/mol. The van der Waals surface area contributed by atoms with E-state index >= 15 is 0 Å². The maximum atomic E-state index is 5.46. The highest BCUT2D eigenvalue weighted by Crippen LogP contribution is 2.12. The van der Waals surface area contributed by atoms with Crippen molar-refractivity contribution in [1.82, 2.24) is 4.57 Å². The highest BCUT2D eigenvalue weighted by Gasteiger charge is 2.06. The fraction of sp³-hybridized carbons (Fsp3) is 0.471. The van der Waals surface area contributed by atoms with E-state index in [1.54, 1.807) is 0 Å². The van der Waals surface area contributed by atoms with E-state index in [-0.39, 0.29) is 0 Å². The number of rotatable bonds is 8. The van der Waals surface area contributed by atoms with Gasteiger partial charge in [0.05, 0.1) is 13.2 Å². The predicted molar refractivity (Wildman–Crippen MR) is 81.3 cm³/mol. The zero-order valence-corrected chi connectivity index (χ0v) is 12.6. The van der Waals surface area contributed by atoms with Crippen LogP contribution in [0.1, 0.15) is 39.5 Å². The van der Waals surface area contributed by atoms with E-state index in [0.29, 0.717) is 6.61 Å². The van der Waals surface area contributed by atoms with Crippen molar-refractivity contribution in [2.45, 2.75) is 46.1 Å². The first-order valence-electron chi connectivity index (χ1n) is 7.63. The van der Waals surface area contributed by atoms with Crippen molar-refractivity contribution in [2.24, 2.45) is 0 Å². The third-order valence-electron chi connectivity index (χ3n) is 3.41. The fourth-order valence-corrected chi connectivity index (χ4v) is 2.28. The molecule has 0 radical (unpaired) electrons. The number of hydrogen-bond acceptors (Lipinski definition) is 1. The van der Waals surface area contributed by atoms with Crippen LogP contribution in [0.25, 0.3) is 5.69 Å². The van der Waals surface area contributed by atoms with E-state index in [0.717, 1.165) is 12.3 Å². The molecule has 20 heavy (non-hydrogen) atoms. The normalized spacial score (nSPS) is 10.7. The summed E-state index contributed by atoms with van der Waals surface area (Å²) in [6, 6.07) is 8.22. The average molecular weight is 273 g/mol. The Labute approximate surface area is 121 Å². The molecule has 108 valence electrons. The second kappa shape index (κ2) is 7.73. The van der Waals surface area contributed by atoms with Crippen LogP contribution in [0.5, 0.6) is 5.75 Å². The molecule has 0 aliphatic rings. The molecule has 0 fully saturated rings. The van der Waals surface area contributed by atoms with Gasteiger partial charge in [-0.3, -0.25) is 0 Å². The second-order valence-corrected chi connectivity index (χ2v) is 5.05. The van der Waals surface area contributed by atoms with E-state index in [1.807, 2.05) is 19.1 Å². The highest BCUT2D eigenvalue weighted by molar-refractivity contribution is 5.31. The van der Waals surface area contributed by atoms with Crippen LogP contribution in [-0.2, 0) is 6.54 Å². The molecule has 0 aliphatic heterocycles. The number of aryl methyl sites for hydroxylation is 1. The standard InChI is InChI=1S/C17H25N2O/c1-3-5-6-7-12-18-13-14-19(15-18)16-8-10-17(11-9-16)20-4-2/h8-11,13-15H,3-7,12H2,1-2H3/q+1. The molecule has 0 unspecified atom stereocenters. The fourth-order valence-electron chi connectivity index (χ4n) is 2.28. The molecule has 2 aromatic rings. The maximum Gasteiger partial charge on any atom is 0.248 e. The molecule has 1 aromatic carbocycles. The van der Waals surface area contributed by atoms with Gasteiger partial charge in [-0.2, -0.15) is 0 Å². The summed E-state index contributed by atoms with van der Waals surface area (Å²) in [5.41, 5.74) is 1.17. The van der Waals surface area contributed by atoms with Crippen molar-refractivity contribution >= 4 is 0 Å². The van der Waals surface area contributed by atoms with E-state index in [9.17, 15) is 0 Å². The van der Waals surface area contributed by atoms with Gasteiger partial charge in [0.25, 0.3) is 0 Å². The Morgan fingerprint density at radius 2 is 1.85 bits per heavy atom. The van der Waals surface area contributed by atoms with Crippen LogP contribution in [0.4, 0.5) is 0 Å². The lowest BCUT2D eigenvalue weighted by molar-refractivity contribution is -0.595. The molecule has 2 rings (SSSR count). The van der Waals surface area contributed by atoms with Crippen LogP contribution >= 0.6 is 0 Å². The third kappa shape index (κ3) is 4.12. The van der Waals surface area contributed by atoms with Crippen LogP contribution < -0.4 is 9.30 Å². The molecule has 1 heterocycles. The lowest BCUT2D eigenvalue weighted by atomic mass is 10.2. The van der Waals surface area contributed by atoms with Gasteiger partial charge in [-0.05, 0) is 44.0 Å². The lowest BCUT2D eigenvalue weighted by Crippen LogP contribution is -2.27. The Hall–Kier alpha value is -1.77. The summed E-state index contributed by atoms with van der Waals surface area (Å²) >= 11 is 0. The van der Waals surface area contributed by atoms with Gasteiger partial charge in [0.2, 0.25) is 6.33 Å². The van der Waals surface area contributed by atoms with Crippen LogP contribution in [0.15, 0.2) is 43.0 Å². The first-order chi connectivity index (χ1) is 9.83. The van der Waals surface area contributed by atoms with Gasteiger partial charge in [0, 0.05) is 0 Å².